The molecule has 1 saturated heterocycles. The Bertz CT molecular complexity index is 1300. The number of imidazole rings is 1. The van der Waals surface area contributed by atoms with Gasteiger partial charge in [-0.3, -0.25) is 9.69 Å². The van der Waals surface area contributed by atoms with Crippen molar-refractivity contribution in [3.05, 3.63) is 84.3 Å². The molecular weight excluding hydrogens is 464 g/mol. The number of hydrogen-bond acceptors (Lipinski definition) is 6. The summed E-state index contributed by atoms with van der Waals surface area (Å²) in [6.07, 6.45) is 7.28. The van der Waals surface area contributed by atoms with E-state index in [9.17, 15) is 4.79 Å². The van der Waals surface area contributed by atoms with Crippen LogP contribution in [0.25, 0.3) is 17.1 Å². The van der Waals surface area contributed by atoms with Crippen LogP contribution >= 0.6 is 0 Å². The van der Waals surface area contributed by atoms with Crippen LogP contribution in [0.2, 0.25) is 0 Å². The standard InChI is InChI=1S/C29H34N6O2/c1-29(2,3)24-10-8-22(9-11-24)27-32-26(37-33-27)19-34-15-4-5-23(18-34)28(36)31-17-21-6-12-25(13-7-21)35-16-14-30-20-35/h6-14,16,20,23H,4-5,15,17-19H2,1-3H3,(H,31,36). The third kappa shape index (κ3) is 6.14. The van der Waals surface area contributed by atoms with Crippen molar-refractivity contribution in [2.45, 2.75) is 52.1 Å². The minimum absolute atomic E-state index is 0.0497. The summed E-state index contributed by atoms with van der Waals surface area (Å²) >= 11 is 0. The van der Waals surface area contributed by atoms with Crippen LogP contribution in [-0.2, 0) is 23.3 Å². The Morgan fingerprint density at radius 1 is 1.11 bits per heavy atom. The van der Waals surface area contributed by atoms with Gasteiger partial charge in [-0.25, -0.2) is 4.98 Å². The molecule has 1 unspecified atom stereocenters. The molecule has 1 aliphatic heterocycles. The molecule has 1 N–H and O–H groups in total. The summed E-state index contributed by atoms with van der Waals surface area (Å²) in [5, 5.41) is 7.30. The molecule has 1 atom stereocenters. The number of amides is 1. The maximum atomic E-state index is 12.9. The van der Waals surface area contributed by atoms with Gasteiger partial charge in [0.05, 0.1) is 18.8 Å². The molecule has 0 aliphatic carbocycles. The Hall–Kier alpha value is -3.78. The molecule has 1 aliphatic rings. The fraction of sp³-hybridized carbons (Fsp3) is 0.379. The van der Waals surface area contributed by atoms with Crippen LogP contribution < -0.4 is 5.32 Å². The zero-order chi connectivity index (χ0) is 25.8. The molecule has 8 heteroatoms. The molecule has 2 aromatic carbocycles. The van der Waals surface area contributed by atoms with Gasteiger partial charge in [-0.05, 0) is 48.1 Å². The van der Waals surface area contributed by atoms with Gasteiger partial charge in [-0.15, -0.1) is 0 Å². The summed E-state index contributed by atoms with van der Waals surface area (Å²) < 4.78 is 7.50. The van der Waals surface area contributed by atoms with E-state index >= 15 is 0 Å². The fourth-order valence-electron chi connectivity index (χ4n) is 4.69. The Kier molecular flexibility index (Phi) is 7.19. The Morgan fingerprint density at radius 2 is 1.89 bits per heavy atom. The maximum Gasteiger partial charge on any atom is 0.241 e. The third-order valence-electron chi connectivity index (χ3n) is 6.92. The number of nitrogens with one attached hydrogen (secondary N) is 1. The lowest BCUT2D eigenvalue weighted by atomic mass is 9.87. The van der Waals surface area contributed by atoms with Crippen molar-refractivity contribution in [1.82, 2.24) is 29.9 Å². The van der Waals surface area contributed by atoms with Gasteiger partial charge < -0.3 is 14.4 Å². The predicted molar refractivity (Wildman–Crippen MR) is 142 cm³/mol. The van der Waals surface area contributed by atoms with Crippen molar-refractivity contribution in [2.24, 2.45) is 5.92 Å². The number of carbonyl (C=O) groups is 1. The number of likely N-dealkylation sites (tertiary alicyclic amines) is 1. The highest BCUT2D eigenvalue weighted by Gasteiger charge is 2.27. The molecule has 0 saturated carbocycles. The lowest BCUT2D eigenvalue weighted by Gasteiger charge is -2.30. The zero-order valence-corrected chi connectivity index (χ0v) is 21.7. The second kappa shape index (κ2) is 10.7. The van der Waals surface area contributed by atoms with Crippen molar-refractivity contribution in [2.75, 3.05) is 13.1 Å². The maximum absolute atomic E-state index is 12.9. The van der Waals surface area contributed by atoms with Gasteiger partial charge in [0.2, 0.25) is 17.6 Å². The van der Waals surface area contributed by atoms with E-state index in [4.69, 9.17) is 4.52 Å². The van der Waals surface area contributed by atoms with Gasteiger partial charge in [0.25, 0.3) is 0 Å². The summed E-state index contributed by atoms with van der Waals surface area (Å²) in [6.45, 7) is 9.25. The molecule has 0 bridgehead atoms. The minimum Gasteiger partial charge on any atom is -0.352 e. The van der Waals surface area contributed by atoms with Crippen LogP contribution in [0.1, 0.15) is 50.6 Å². The van der Waals surface area contributed by atoms with Gasteiger partial charge >= 0.3 is 0 Å². The highest BCUT2D eigenvalue weighted by atomic mass is 16.5. The van der Waals surface area contributed by atoms with Crippen molar-refractivity contribution < 1.29 is 9.32 Å². The zero-order valence-electron chi connectivity index (χ0n) is 21.7. The molecule has 1 amide bonds. The molecule has 5 rings (SSSR count). The van der Waals surface area contributed by atoms with Gasteiger partial charge in [0.1, 0.15) is 0 Å². The summed E-state index contributed by atoms with van der Waals surface area (Å²) in [4.78, 5) is 23.8. The van der Waals surface area contributed by atoms with Crippen LogP contribution in [0.15, 0.2) is 71.8 Å². The van der Waals surface area contributed by atoms with Crippen molar-refractivity contribution in [3.63, 3.8) is 0 Å². The Balaban J connectivity index is 1.13. The summed E-state index contributed by atoms with van der Waals surface area (Å²) in [7, 11) is 0. The van der Waals surface area contributed by atoms with Crippen LogP contribution in [0.4, 0.5) is 0 Å². The van der Waals surface area contributed by atoms with Crippen LogP contribution in [-0.4, -0.2) is 43.6 Å². The van der Waals surface area contributed by atoms with E-state index in [-0.39, 0.29) is 17.2 Å². The number of nitrogens with zero attached hydrogens (tertiary/aromatic N) is 5. The van der Waals surface area contributed by atoms with E-state index in [2.05, 4.69) is 58.2 Å². The topological polar surface area (TPSA) is 89.1 Å². The van der Waals surface area contributed by atoms with Gasteiger partial charge in [0.15, 0.2) is 0 Å². The summed E-state index contributed by atoms with van der Waals surface area (Å²) in [5.41, 5.74) is 4.42. The number of benzene rings is 2. The molecule has 8 nitrogen and oxygen atoms in total. The van der Waals surface area contributed by atoms with Crippen LogP contribution in [0.3, 0.4) is 0 Å². The van der Waals surface area contributed by atoms with Crippen molar-refractivity contribution >= 4 is 5.91 Å². The van der Waals surface area contributed by atoms with E-state index in [1.165, 1.54) is 5.56 Å². The van der Waals surface area contributed by atoms with Gasteiger partial charge in [-0.2, -0.15) is 4.98 Å². The third-order valence-corrected chi connectivity index (χ3v) is 6.92. The molecule has 37 heavy (non-hydrogen) atoms. The van der Waals surface area contributed by atoms with E-state index in [1.807, 2.05) is 47.2 Å². The number of hydrogen-bond donors (Lipinski definition) is 1. The smallest absolute Gasteiger partial charge is 0.241 e. The first-order valence-electron chi connectivity index (χ1n) is 12.9. The molecule has 2 aromatic heterocycles. The quantitative estimate of drug-likeness (QED) is 0.396. The lowest BCUT2D eigenvalue weighted by Crippen LogP contribution is -2.42. The molecular formula is C29H34N6O2. The van der Waals surface area contributed by atoms with Crippen LogP contribution in [0.5, 0.6) is 0 Å². The SMILES string of the molecule is CC(C)(C)c1ccc(-c2noc(CN3CCCC(C(=O)NCc4ccc(-n5ccnc5)cc4)C3)n2)cc1. The molecule has 3 heterocycles. The van der Waals surface area contributed by atoms with Crippen molar-refractivity contribution in [3.8, 4) is 17.1 Å². The number of carbonyl (C=O) groups excluding carboxylic acids is 1. The summed E-state index contributed by atoms with van der Waals surface area (Å²) in [6, 6.07) is 16.5. The predicted octanol–water partition coefficient (Wildman–Crippen LogP) is 4.75. The van der Waals surface area contributed by atoms with Gasteiger partial charge in [-0.1, -0.05) is 62.3 Å². The summed E-state index contributed by atoms with van der Waals surface area (Å²) in [5.74, 6) is 1.22. The molecule has 192 valence electrons. The molecule has 1 fully saturated rings. The molecule has 0 spiro atoms. The first kappa shape index (κ1) is 24.9. The van der Waals surface area contributed by atoms with Gasteiger partial charge in [0, 0.05) is 36.7 Å². The first-order chi connectivity index (χ1) is 17.8. The molecule has 4 aromatic rings. The van der Waals surface area contributed by atoms with E-state index in [0.717, 1.165) is 36.2 Å². The van der Waals surface area contributed by atoms with E-state index in [1.54, 1.807) is 12.5 Å². The average Bonchev–Trinajstić information content (AvgIpc) is 3.60. The first-order valence-corrected chi connectivity index (χ1v) is 12.9. The largest absolute Gasteiger partial charge is 0.352 e. The van der Waals surface area contributed by atoms with E-state index in [0.29, 0.717) is 31.3 Å². The second-order valence-corrected chi connectivity index (χ2v) is 10.8. The highest BCUT2D eigenvalue weighted by Crippen LogP contribution is 2.25. The lowest BCUT2D eigenvalue weighted by molar-refractivity contribution is -0.127. The van der Waals surface area contributed by atoms with E-state index < -0.39 is 0 Å². The number of aromatic nitrogens is 4. The molecule has 0 radical (unpaired) electrons. The monoisotopic (exact) mass is 498 g/mol. The minimum atomic E-state index is -0.0497. The van der Waals surface area contributed by atoms with Crippen molar-refractivity contribution in [1.29, 1.82) is 0 Å². The fourth-order valence-corrected chi connectivity index (χ4v) is 4.69. The average molecular weight is 499 g/mol. The number of rotatable bonds is 7. The van der Waals surface area contributed by atoms with Crippen LogP contribution in [0, 0.1) is 5.92 Å². The number of piperidine rings is 1. The Morgan fingerprint density at radius 3 is 2.59 bits per heavy atom. The highest BCUT2D eigenvalue weighted by molar-refractivity contribution is 5.79. The Labute approximate surface area is 217 Å². The normalized spacial score (nSPS) is 16.6. The second-order valence-electron chi connectivity index (χ2n) is 10.8.